The number of amides is 1. The number of benzene rings is 3. The van der Waals surface area contributed by atoms with Gasteiger partial charge in [0.1, 0.15) is 12.4 Å². The number of nitrogens with one attached hydrogen (secondary N) is 2. The van der Waals surface area contributed by atoms with Gasteiger partial charge in [-0.1, -0.05) is 72.3 Å². The van der Waals surface area contributed by atoms with E-state index in [2.05, 4.69) is 17.2 Å². The van der Waals surface area contributed by atoms with Gasteiger partial charge >= 0.3 is 0 Å². The van der Waals surface area contributed by atoms with E-state index in [-0.39, 0.29) is 12.3 Å². The van der Waals surface area contributed by atoms with Gasteiger partial charge in [0.15, 0.2) is 0 Å². The van der Waals surface area contributed by atoms with Crippen LogP contribution in [0, 0.1) is 0 Å². The van der Waals surface area contributed by atoms with Crippen LogP contribution >= 0.6 is 23.2 Å². The van der Waals surface area contributed by atoms with Crippen LogP contribution in [0.1, 0.15) is 5.56 Å². The molecule has 0 heterocycles. The largest absolute Gasteiger partial charge is 0.487 e. The third-order valence-corrected chi connectivity index (χ3v) is 4.74. The van der Waals surface area contributed by atoms with Gasteiger partial charge in [-0.3, -0.25) is 4.79 Å². The van der Waals surface area contributed by atoms with Crippen molar-refractivity contribution in [1.82, 2.24) is 0 Å². The Labute approximate surface area is 180 Å². The number of anilines is 3. The SMILES string of the molecule is C=CCOc1ccccc1NC(=O)Cc1ccccc1Nc1c(Cl)cccc1Cl. The molecule has 0 unspecified atom stereocenters. The average molecular weight is 427 g/mol. The lowest BCUT2D eigenvalue weighted by molar-refractivity contribution is -0.115. The van der Waals surface area contributed by atoms with Gasteiger partial charge in [0, 0.05) is 5.69 Å². The summed E-state index contributed by atoms with van der Waals surface area (Å²) in [6, 6.07) is 20.1. The monoisotopic (exact) mass is 426 g/mol. The highest BCUT2D eigenvalue weighted by molar-refractivity contribution is 6.39. The number of para-hydroxylation sites is 4. The van der Waals surface area contributed by atoms with Crippen molar-refractivity contribution in [3.63, 3.8) is 0 Å². The third kappa shape index (κ3) is 5.53. The van der Waals surface area contributed by atoms with Crippen molar-refractivity contribution in [3.05, 3.63) is 95.0 Å². The zero-order valence-electron chi connectivity index (χ0n) is 15.6. The first kappa shape index (κ1) is 20.8. The zero-order chi connectivity index (χ0) is 20.6. The van der Waals surface area contributed by atoms with Crippen molar-refractivity contribution >= 4 is 46.2 Å². The van der Waals surface area contributed by atoms with E-state index >= 15 is 0 Å². The summed E-state index contributed by atoms with van der Waals surface area (Å²) in [5.74, 6) is 0.425. The normalized spacial score (nSPS) is 10.3. The molecule has 3 aromatic carbocycles. The highest BCUT2D eigenvalue weighted by Crippen LogP contribution is 2.33. The van der Waals surface area contributed by atoms with Crippen LogP contribution in [0.25, 0.3) is 0 Å². The predicted molar refractivity (Wildman–Crippen MR) is 121 cm³/mol. The number of rotatable bonds is 8. The highest BCUT2D eigenvalue weighted by atomic mass is 35.5. The van der Waals surface area contributed by atoms with Gasteiger partial charge in [0.25, 0.3) is 0 Å². The van der Waals surface area contributed by atoms with Crippen LogP contribution in [0.4, 0.5) is 17.1 Å². The van der Waals surface area contributed by atoms with Crippen molar-refractivity contribution in [2.45, 2.75) is 6.42 Å². The van der Waals surface area contributed by atoms with Crippen LogP contribution in [-0.4, -0.2) is 12.5 Å². The van der Waals surface area contributed by atoms with E-state index in [9.17, 15) is 4.79 Å². The molecule has 0 aromatic heterocycles. The number of ether oxygens (including phenoxy) is 1. The summed E-state index contributed by atoms with van der Waals surface area (Å²) in [7, 11) is 0. The lowest BCUT2D eigenvalue weighted by atomic mass is 10.1. The van der Waals surface area contributed by atoms with Crippen LogP contribution in [-0.2, 0) is 11.2 Å². The van der Waals surface area contributed by atoms with Gasteiger partial charge in [-0.25, -0.2) is 0 Å². The summed E-state index contributed by atoms with van der Waals surface area (Å²) in [5, 5.41) is 7.15. The standard InChI is InChI=1S/C23H20Cl2N2O2/c1-2-14-29-21-13-6-5-12-20(21)26-22(28)15-16-8-3-4-11-19(16)27-23-17(24)9-7-10-18(23)25/h2-13,27H,1,14-15H2,(H,26,28). The molecule has 0 spiro atoms. The molecule has 1 amide bonds. The number of carbonyl (C=O) groups is 1. The maximum Gasteiger partial charge on any atom is 0.228 e. The molecular formula is C23H20Cl2N2O2. The van der Waals surface area contributed by atoms with Crippen LogP contribution in [0.5, 0.6) is 5.75 Å². The Balaban J connectivity index is 1.76. The van der Waals surface area contributed by atoms with Crippen molar-refractivity contribution in [1.29, 1.82) is 0 Å². The minimum absolute atomic E-state index is 0.167. The quantitative estimate of drug-likeness (QED) is 0.405. The summed E-state index contributed by atoms with van der Waals surface area (Å²) in [6.07, 6.45) is 1.82. The second-order valence-corrected chi connectivity index (χ2v) is 7.01. The molecule has 2 N–H and O–H groups in total. The smallest absolute Gasteiger partial charge is 0.228 e. The molecule has 6 heteroatoms. The summed E-state index contributed by atoms with van der Waals surface area (Å²) < 4.78 is 5.59. The van der Waals surface area contributed by atoms with Gasteiger partial charge < -0.3 is 15.4 Å². The first-order chi connectivity index (χ1) is 14.1. The van der Waals surface area contributed by atoms with Crippen molar-refractivity contribution in [2.24, 2.45) is 0 Å². The summed E-state index contributed by atoms with van der Waals surface area (Å²) >= 11 is 12.5. The Morgan fingerprint density at radius 2 is 1.59 bits per heavy atom. The maximum atomic E-state index is 12.7. The van der Waals surface area contributed by atoms with E-state index in [4.69, 9.17) is 27.9 Å². The summed E-state index contributed by atoms with van der Waals surface area (Å²) in [4.78, 5) is 12.7. The summed E-state index contributed by atoms with van der Waals surface area (Å²) in [5.41, 5.74) is 2.78. The van der Waals surface area contributed by atoms with Gasteiger partial charge in [-0.2, -0.15) is 0 Å². The Morgan fingerprint density at radius 1 is 0.931 bits per heavy atom. The fourth-order valence-electron chi connectivity index (χ4n) is 2.76. The van der Waals surface area contributed by atoms with Gasteiger partial charge in [-0.05, 0) is 35.9 Å². The molecule has 148 valence electrons. The molecule has 3 rings (SSSR count). The zero-order valence-corrected chi connectivity index (χ0v) is 17.1. The van der Waals surface area contributed by atoms with Crippen LogP contribution in [0.3, 0.4) is 0 Å². The minimum atomic E-state index is -0.167. The molecule has 0 saturated heterocycles. The number of halogens is 2. The molecule has 0 aliphatic heterocycles. The minimum Gasteiger partial charge on any atom is -0.487 e. The fraction of sp³-hybridized carbons (Fsp3) is 0.0870. The highest BCUT2D eigenvalue weighted by Gasteiger charge is 2.13. The Hall–Kier alpha value is -2.95. The van der Waals surface area contributed by atoms with Gasteiger partial charge in [0.2, 0.25) is 5.91 Å². The molecule has 0 aliphatic carbocycles. The van der Waals surface area contributed by atoms with Crippen molar-refractivity contribution in [2.75, 3.05) is 17.2 Å². The van der Waals surface area contributed by atoms with E-state index in [0.717, 1.165) is 11.3 Å². The Morgan fingerprint density at radius 3 is 2.31 bits per heavy atom. The topological polar surface area (TPSA) is 50.4 Å². The molecule has 0 fully saturated rings. The number of hydrogen-bond donors (Lipinski definition) is 2. The number of carbonyl (C=O) groups excluding carboxylic acids is 1. The van der Waals surface area contributed by atoms with E-state index in [1.807, 2.05) is 36.4 Å². The van der Waals surface area contributed by atoms with Crippen LogP contribution in [0.2, 0.25) is 10.0 Å². The Bertz CT molecular complexity index is 1000. The van der Waals surface area contributed by atoms with E-state index in [1.165, 1.54) is 0 Å². The summed E-state index contributed by atoms with van der Waals surface area (Å²) in [6.45, 7) is 4.00. The molecule has 0 radical (unpaired) electrons. The second kappa shape index (κ2) is 10.0. The van der Waals surface area contributed by atoms with Gasteiger partial charge in [-0.15, -0.1) is 0 Å². The Kier molecular flexibility index (Phi) is 7.17. The maximum absolute atomic E-state index is 12.7. The number of hydrogen-bond acceptors (Lipinski definition) is 3. The van der Waals surface area contributed by atoms with Crippen molar-refractivity contribution in [3.8, 4) is 5.75 Å². The van der Waals surface area contributed by atoms with Gasteiger partial charge in [0.05, 0.1) is 27.8 Å². The second-order valence-electron chi connectivity index (χ2n) is 6.20. The molecule has 0 saturated carbocycles. The molecular weight excluding hydrogens is 407 g/mol. The fourth-order valence-corrected chi connectivity index (χ4v) is 3.25. The molecule has 0 atom stereocenters. The lowest BCUT2D eigenvalue weighted by Gasteiger charge is -2.15. The lowest BCUT2D eigenvalue weighted by Crippen LogP contribution is -2.16. The third-order valence-electron chi connectivity index (χ3n) is 4.11. The molecule has 0 aliphatic rings. The average Bonchev–Trinajstić information content (AvgIpc) is 2.71. The predicted octanol–water partition coefficient (Wildman–Crippen LogP) is 6.48. The van der Waals surface area contributed by atoms with Crippen LogP contribution < -0.4 is 15.4 Å². The van der Waals surface area contributed by atoms with E-state index in [1.54, 1.807) is 36.4 Å². The van der Waals surface area contributed by atoms with Crippen LogP contribution in [0.15, 0.2) is 79.4 Å². The first-order valence-electron chi connectivity index (χ1n) is 9.00. The molecule has 0 bridgehead atoms. The molecule has 4 nitrogen and oxygen atoms in total. The van der Waals surface area contributed by atoms with Crippen molar-refractivity contribution < 1.29 is 9.53 Å². The first-order valence-corrected chi connectivity index (χ1v) is 9.75. The van der Waals surface area contributed by atoms with E-state index in [0.29, 0.717) is 33.8 Å². The van der Waals surface area contributed by atoms with E-state index < -0.39 is 0 Å². The molecule has 29 heavy (non-hydrogen) atoms. The molecule has 3 aromatic rings.